The Morgan fingerprint density at radius 3 is 2.68 bits per heavy atom. The third-order valence-corrected chi connectivity index (χ3v) is 7.28. The molecule has 2 amide bonds. The van der Waals surface area contributed by atoms with Crippen LogP contribution in [0.5, 0.6) is 5.75 Å². The van der Waals surface area contributed by atoms with Crippen LogP contribution in [0.1, 0.15) is 64.8 Å². The van der Waals surface area contributed by atoms with E-state index >= 15 is 0 Å². The van der Waals surface area contributed by atoms with Crippen molar-refractivity contribution in [3.05, 3.63) is 45.8 Å². The number of amides is 2. The first-order chi connectivity index (χ1) is 13.3. The summed E-state index contributed by atoms with van der Waals surface area (Å²) in [5.41, 5.74) is 7.84. The minimum Gasteiger partial charge on any atom is -0.496 e. The Labute approximate surface area is 170 Å². The number of rotatable bonds is 6. The average molecular weight is 401 g/mol. The zero-order valence-electron chi connectivity index (χ0n) is 16.9. The van der Waals surface area contributed by atoms with Gasteiger partial charge < -0.3 is 15.8 Å². The fraction of sp³-hybridized carbons (Fsp3) is 0.455. The number of para-hydroxylation sites is 1. The monoisotopic (exact) mass is 400 g/mol. The summed E-state index contributed by atoms with van der Waals surface area (Å²) >= 11 is 1.48. The Balaban J connectivity index is 1.93. The Morgan fingerprint density at radius 2 is 2.04 bits per heavy atom. The molecule has 1 aromatic heterocycles. The van der Waals surface area contributed by atoms with Crippen LogP contribution in [-0.4, -0.2) is 18.9 Å². The summed E-state index contributed by atoms with van der Waals surface area (Å²) < 4.78 is 5.28. The van der Waals surface area contributed by atoms with E-state index < -0.39 is 5.91 Å². The number of fused-ring (bicyclic) bond motifs is 1. The SMILES string of the molecule is CCC(C)(C)[C@@H]1CCc2c(sc(NC(=O)c3ccccc3OC)c2C(N)=O)C1. The van der Waals surface area contributed by atoms with E-state index in [9.17, 15) is 9.59 Å². The van der Waals surface area contributed by atoms with Crippen LogP contribution in [0, 0.1) is 11.3 Å². The van der Waals surface area contributed by atoms with Gasteiger partial charge in [-0.2, -0.15) is 0 Å². The van der Waals surface area contributed by atoms with Gasteiger partial charge in [0.25, 0.3) is 11.8 Å². The number of nitrogens with two attached hydrogens (primary N) is 1. The molecule has 3 N–H and O–H groups in total. The van der Waals surface area contributed by atoms with Gasteiger partial charge in [-0.25, -0.2) is 0 Å². The molecule has 0 saturated heterocycles. The molecule has 1 atom stereocenters. The first-order valence-corrected chi connectivity index (χ1v) is 10.5. The molecule has 2 aromatic rings. The van der Waals surface area contributed by atoms with Gasteiger partial charge in [0.05, 0.1) is 18.2 Å². The number of thiophene rings is 1. The van der Waals surface area contributed by atoms with Crippen LogP contribution in [0.2, 0.25) is 0 Å². The zero-order valence-corrected chi connectivity index (χ0v) is 17.7. The summed E-state index contributed by atoms with van der Waals surface area (Å²) in [4.78, 5) is 26.2. The number of hydrogen-bond donors (Lipinski definition) is 2. The molecule has 1 heterocycles. The molecule has 0 unspecified atom stereocenters. The topological polar surface area (TPSA) is 81.4 Å². The molecule has 3 rings (SSSR count). The Morgan fingerprint density at radius 1 is 1.32 bits per heavy atom. The second-order valence-corrected chi connectivity index (χ2v) is 9.11. The maximum absolute atomic E-state index is 12.8. The molecular formula is C22H28N2O3S. The maximum atomic E-state index is 12.8. The summed E-state index contributed by atoms with van der Waals surface area (Å²) in [5, 5.41) is 3.45. The van der Waals surface area contributed by atoms with Gasteiger partial charge in [0.15, 0.2) is 0 Å². The first kappa shape index (κ1) is 20.4. The van der Waals surface area contributed by atoms with E-state index in [1.54, 1.807) is 18.2 Å². The molecule has 0 saturated carbocycles. The minimum atomic E-state index is -0.485. The molecule has 1 aromatic carbocycles. The highest BCUT2D eigenvalue weighted by Gasteiger charge is 2.35. The maximum Gasteiger partial charge on any atom is 0.260 e. The lowest BCUT2D eigenvalue weighted by molar-refractivity contribution is 0.0999. The van der Waals surface area contributed by atoms with Crippen molar-refractivity contribution in [2.45, 2.75) is 46.5 Å². The Bertz CT molecular complexity index is 901. The summed E-state index contributed by atoms with van der Waals surface area (Å²) in [6.45, 7) is 6.82. The average Bonchev–Trinajstić information content (AvgIpc) is 3.04. The Hall–Kier alpha value is -2.34. The summed E-state index contributed by atoms with van der Waals surface area (Å²) in [5.74, 6) is 0.263. The van der Waals surface area contributed by atoms with Crippen LogP contribution < -0.4 is 15.8 Å². The summed E-state index contributed by atoms with van der Waals surface area (Å²) in [6, 6.07) is 7.03. The predicted molar refractivity (Wildman–Crippen MR) is 113 cm³/mol. The van der Waals surface area contributed by atoms with Crippen LogP contribution in [0.3, 0.4) is 0 Å². The number of carbonyl (C=O) groups is 2. The molecule has 0 fully saturated rings. The number of methoxy groups -OCH3 is 1. The summed E-state index contributed by atoms with van der Waals surface area (Å²) in [6.07, 6.45) is 3.89. The number of nitrogens with one attached hydrogen (secondary N) is 1. The molecular weight excluding hydrogens is 372 g/mol. The fourth-order valence-electron chi connectivity index (χ4n) is 3.89. The van der Waals surface area contributed by atoms with E-state index in [0.29, 0.717) is 27.8 Å². The molecule has 0 spiro atoms. The number of carbonyl (C=O) groups excluding carboxylic acids is 2. The predicted octanol–water partition coefficient (Wildman–Crippen LogP) is 4.65. The first-order valence-electron chi connectivity index (χ1n) is 9.67. The molecule has 6 heteroatoms. The Kier molecular flexibility index (Phi) is 5.79. The lowest BCUT2D eigenvalue weighted by atomic mass is 9.69. The molecule has 1 aliphatic carbocycles. The van der Waals surface area contributed by atoms with Crippen molar-refractivity contribution in [2.24, 2.45) is 17.1 Å². The number of hydrogen-bond acceptors (Lipinski definition) is 4. The van der Waals surface area contributed by atoms with E-state index in [1.165, 1.54) is 23.3 Å². The highest BCUT2D eigenvalue weighted by Crippen LogP contribution is 2.45. The van der Waals surface area contributed by atoms with E-state index in [0.717, 1.165) is 31.2 Å². The van der Waals surface area contributed by atoms with Gasteiger partial charge in [-0.1, -0.05) is 39.3 Å². The van der Waals surface area contributed by atoms with Crippen LogP contribution in [0.25, 0.3) is 0 Å². The highest BCUT2D eigenvalue weighted by molar-refractivity contribution is 7.17. The number of anilines is 1. The van der Waals surface area contributed by atoms with E-state index in [4.69, 9.17) is 10.5 Å². The second kappa shape index (κ2) is 7.95. The third-order valence-electron chi connectivity index (χ3n) is 6.11. The van der Waals surface area contributed by atoms with Crippen LogP contribution >= 0.6 is 11.3 Å². The minimum absolute atomic E-state index is 0.245. The normalized spacial score (nSPS) is 16.4. The van der Waals surface area contributed by atoms with E-state index in [1.807, 2.05) is 6.07 Å². The van der Waals surface area contributed by atoms with Gasteiger partial charge >= 0.3 is 0 Å². The number of primary amides is 1. The molecule has 0 bridgehead atoms. The van der Waals surface area contributed by atoms with Gasteiger partial charge in [-0.3, -0.25) is 9.59 Å². The van der Waals surface area contributed by atoms with E-state index in [2.05, 4.69) is 26.1 Å². The van der Waals surface area contributed by atoms with Crippen LogP contribution in [0.4, 0.5) is 5.00 Å². The van der Waals surface area contributed by atoms with Crippen LogP contribution in [-0.2, 0) is 12.8 Å². The smallest absolute Gasteiger partial charge is 0.260 e. The molecule has 150 valence electrons. The molecule has 0 aliphatic heterocycles. The molecule has 28 heavy (non-hydrogen) atoms. The molecule has 5 nitrogen and oxygen atoms in total. The van der Waals surface area contributed by atoms with E-state index in [-0.39, 0.29) is 11.3 Å². The van der Waals surface area contributed by atoms with Crippen molar-refractivity contribution < 1.29 is 14.3 Å². The summed E-state index contributed by atoms with van der Waals surface area (Å²) in [7, 11) is 1.53. The second-order valence-electron chi connectivity index (χ2n) is 8.01. The third kappa shape index (κ3) is 3.78. The van der Waals surface area contributed by atoms with Gasteiger partial charge in [-0.15, -0.1) is 11.3 Å². The van der Waals surface area contributed by atoms with Crippen molar-refractivity contribution in [3.63, 3.8) is 0 Å². The molecule has 0 radical (unpaired) electrons. The van der Waals surface area contributed by atoms with Gasteiger partial charge in [0.2, 0.25) is 0 Å². The zero-order chi connectivity index (χ0) is 20.5. The van der Waals surface area contributed by atoms with Gasteiger partial charge in [0, 0.05) is 4.88 Å². The van der Waals surface area contributed by atoms with Gasteiger partial charge in [-0.05, 0) is 48.3 Å². The van der Waals surface area contributed by atoms with Crippen molar-refractivity contribution in [2.75, 3.05) is 12.4 Å². The lowest BCUT2D eigenvalue weighted by Crippen LogP contribution is -2.29. The standard InChI is InChI=1S/C22H28N2O3S/c1-5-22(2,3)13-10-11-15-17(12-13)28-21(18(15)19(23)25)24-20(26)14-8-6-7-9-16(14)27-4/h6-9,13H,5,10-12H2,1-4H3,(H2,23,25)(H,24,26)/t13-/m1/s1. The molecule has 1 aliphatic rings. The highest BCUT2D eigenvalue weighted by atomic mass is 32.1. The number of benzene rings is 1. The quantitative estimate of drug-likeness (QED) is 0.740. The number of ether oxygens (including phenoxy) is 1. The van der Waals surface area contributed by atoms with Gasteiger partial charge in [0.1, 0.15) is 10.8 Å². The van der Waals surface area contributed by atoms with Crippen LogP contribution in [0.15, 0.2) is 24.3 Å². The fourth-order valence-corrected chi connectivity index (χ4v) is 5.22. The largest absolute Gasteiger partial charge is 0.496 e. The van der Waals surface area contributed by atoms with Crippen molar-refractivity contribution >= 4 is 28.2 Å². The lowest BCUT2D eigenvalue weighted by Gasteiger charge is -2.36. The van der Waals surface area contributed by atoms with Crippen molar-refractivity contribution in [3.8, 4) is 5.75 Å². The van der Waals surface area contributed by atoms with Crippen molar-refractivity contribution in [1.29, 1.82) is 0 Å². The van der Waals surface area contributed by atoms with Crippen molar-refractivity contribution in [1.82, 2.24) is 0 Å².